The van der Waals surface area contributed by atoms with E-state index in [0.717, 1.165) is 21.0 Å². The van der Waals surface area contributed by atoms with Gasteiger partial charge in [0.1, 0.15) is 11.4 Å². The summed E-state index contributed by atoms with van der Waals surface area (Å²) in [6, 6.07) is 9.28. The summed E-state index contributed by atoms with van der Waals surface area (Å²) in [5, 5.41) is 12.7. The number of fused-ring (bicyclic) bond motifs is 1. The van der Waals surface area contributed by atoms with Crippen LogP contribution in [-0.2, 0) is 6.54 Å². The second kappa shape index (κ2) is 6.18. The molecule has 0 spiro atoms. The maximum absolute atomic E-state index is 12.4. The van der Waals surface area contributed by atoms with Gasteiger partial charge in [-0.15, -0.1) is 22.7 Å². The van der Waals surface area contributed by atoms with Gasteiger partial charge in [-0.1, -0.05) is 11.2 Å². The lowest BCUT2D eigenvalue weighted by atomic mass is 10.1. The molecule has 24 heavy (non-hydrogen) atoms. The van der Waals surface area contributed by atoms with Gasteiger partial charge in [-0.05, 0) is 36.6 Å². The molecule has 1 amide bonds. The van der Waals surface area contributed by atoms with Crippen molar-refractivity contribution in [1.29, 1.82) is 0 Å². The number of aromatic nitrogens is 2. The van der Waals surface area contributed by atoms with E-state index in [0.29, 0.717) is 23.4 Å². The molecule has 0 unspecified atom stereocenters. The minimum Gasteiger partial charge on any atom is -0.356 e. The van der Waals surface area contributed by atoms with Crippen LogP contribution in [0, 0.1) is 6.92 Å². The maximum atomic E-state index is 12.4. The number of hydrogen-bond donors (Lipinski definition) is 1. The second-order valence-electron chi connectivity index (χ2n) is 5.26. The molecule has 7 heteroatoms. The van der Waals surface area contributed by atoms with Gasteiger partial charge < -0.3 is 9.84 Å². The Morgan fingerprint density at radius 1 is 1.29 bits per heavy atom. The van der Waals surface area contributed by atoms with Crippen LogP contribution in [0.4, 0.5) is 0 Å². The minimum atomic E-state index is -0.119. The van der Waals surface area contributed by atoms with Crippen LogP contribution in [0.15, 0.2) is 45.6 Å². The highest BCUT2D eigenvalue weighted by Gasteiger charge is 2.15. The second-order valence-corrected chi connectivity index (χ2v) is 7.35. The normalized spacial score (nSPS) is 11.0. The highest BCUT2D eigenvalue weighted by molar-refractivity contribution is 7.10. The fraction of sp³-hybridized carbons (Fsp3) is 0.118. The van der Waals surface area contributed by atoms with E-state index in [1.807, 2.05) is 29.8 Å². The quantitative estimate of drug-likeness (QED) is 0.594. The minimum absolute atomic E-state index is 0.119. The zero-order valence-electron chi connectivity index (χ0n) is 12.8. The number of aryl methyl sites for hydroxylation is 1. The van der Waals surface area contributed by atoms with Crippen molar-refractivity contribution in [3.63, 3.8) is 0 Å². The van der Waals surface area contributed by atoms with Crippen molar-refractivity contribution in [2.24, 2.45) is 0 Å². The molecule has 5 nitrogen and oxygen atoms in total. The zero-order chi connectivity index (χ0) is 16.5. The van der Waals surface area contributed by atoms with E-state index in [9.17, 15) is 4.79 Å². The summed E-state index contributed by atoms with van der Waals surface area (Å²) in [6.45, 7) is 2.47. The van der Waals surface area contributed by atoms with Gasteiger partial charge in [0.2, 0.25) is 0 Å². The van der Waals surface area contributed by atoms with Crippen molar-refractivity contribution < 1.29 is 9.32 Å². The molecule has 1 aromatic carbocycles. The van der Waals surface area contributed by atoms with Crippen LogP contribution < -0.4 is 5.32 Å². The predicted molar refractivity (Wildman–Crippen MR) is 95.3 cm³/mol. The van der Waals surface area contributed by atoms with E-state index in [1.54, 1.807) is 40.9 Å². The first kappa shape index (κ1) is 15.0. The smallest absolute Gasteiger partial charge is 0.251 e. The number of carbonyl (C=O) groups excluding carboxylic acids is 1. The molecular formula is C17H13N3O2S2. The summed E-state index contributed by atoms with van der Waals surface area (Å²) in [5.41, 5.74) is 2.66. The molecular weight excluding hydrogens is 342 g/mol. The fourth-order valence-electron chi connectivity index (χ4n) is 2.42. The Balaban J connectivity index is 1.63. The summed E-state index contributed by atoms with van der Waals surface area (Å²) in [4.78, 5) is 17.9. The van der Waals surface area contributed by atoms with E-state index < -0.39 is 0 Å². The van der Waals surface area contributed by atoms with Gasteiger partial charge in [0.05, 0.1) is 16.9 Å². The number of benzene rings is 1. The number of thiazole rings is 1. The fourth-order valence-corrected chi connectivity index (χ4v) is 3.66. The summed E-state index contributed by atoms with van der Waals surface area (Å²) in [5.74, 6) is -0.119. The molecule has 0 saturated heterocycles. The lowest BCUT2D eigenvalue weighted by Gasteiger charge is -2.03. The highest BCUT2D eigenvalue weighted by atomic mass is 32.1. The summed E-state index contributed by atoms with van der Waals surface area (Å²) in [7, 11) is 0. The molecule has 120 valence electrons. The number of amides is 1. The Bertz CT molecular complexity index is 1000. The number of hydrogen-bond acceptors (Lipinski definition) is 6. The lowest BCUT2D eigenvalue weighted by Crippen LogP contribution is -2.22. The Morgan fingerprint density at radius 3 is 2.96 bits per heavy atom. The first-order valence-electron chi connectivity index (χ1n) is 7.33. The Kier molecular flexibility index (Phi) is 3.87. The van der Waals surface area contributed by atoms with E-state index in [-0.39, 0.29) is 5.91 Å². The molecule has 3 heterocycles. The van der Waals surface area contributed by atoms with E-state index in [1.165, 1.54) is 0 Å². The van der Waals surface area contributed by atoms with Crippen LogP contribution in [0.3, 0.4) is 0 Å². The number of carbonyl (C=O) groups is 1. The Hall–Kier alpha value is -2.51. The SMILES string of the molecule is Cc1nc(-c2noc3ccc(C(=O)NCc4cccs4)cc23)cs1. The van der Waals surface area contributed by atoms with Gasteiger partial charge in [0.25, 0.3) is 5.91 Å². The summed E-state index contributed by atoms with van der Waals surface area (Å²) in [6.07, 6.45) is 0. The van der Waals surface area contributed by atoms with Crippen molar-refractivity contribution in [3.05, 3.63) is 56.5 Å². The van der Waals surface area contributed by atoms with Gasteiger partial charge in [-0.3, -0.25) is 4.79 Å². The molecule has 4 aromatic rings. The lowest BCUT2D eigenvalue weighted by molar-refractivity contribution is 0.0951. The summed E-state index contributed by atoms with van der Waals surface area (Å²) >= 11 is 3.18. The number of nitrogens with one attached hydrogen (secondary N) is 1. The topological polar surface area (TPSA) is 68.0 Å². The van der Waals surface area contributed by atoms with Crippen LogP contribution in [0.1, 0.15) is 20.2 Å². The molecule has 4 rings (SSSR count). The van der Waals surface area contributed by atoms with Gasteiger partial charge >= 0.3 is 0 Å². The van der Waals surface area contributed by atoms with Gasteiger partial charge in [-0.2, -0.15) is 0 Å². The standard InChI is InChI=1S/C17H13N3O2S2/c1-10-19-14(9-24-10)16-13-7-11(4-5-15(13)22-20-16)17(21)18-8-12-3-2-6-23-12/h2-7,9H,8H2,1H3,(H,18,21). The first-order chi connectivity index (χ1) is 11.7. The highest BCUT2D eigenvalue weighted by Crippen LogP contribution is 2.29. The Labute approximate surface area is 145 Å². The third-order valence-corrected chi connectivity index (χ3v) is 5.25. The van der Waals surface area contributed by atoms with Crippen molar-refractivity contribution in [2.75, 3.05) is 0 Å². The monoisotopic (exact) mass is 355 g/mol. The van der Waals surface area contributed by atoms with Crippen LogP contribution in [0.2, 0.25) is 0 Å². The molecule has 0 atom stereocenters. The van der Waals surface area contributed by atoms with Crippen molar-refractivity contribution >= 4 is 39.5 Å². The molecule has 0 aliphatic heterocycles. The number of rotatable bonds is 4. The van der Waals surface area contributed by atoms with Gasteiger partial charge in [0.15, 0.2) is 5.58 Å². The van der Waals surface area contributed by atoms with Crippen molar-refractivity contribution in [3.8, 4) is 11.4 Å². The van der Waals surface area contributed by atoms with Crippen molar-refractivity contribution in [2.45, 2.75) is 13.5 Å². The number of nitrogens with zero attached hydrogens (tertiary/aromatic N) is 2. The molecule has 1 N–H and O–H groups in total. The van der Waals surface area contributed by atoms with Crippen LogP contribution in [0.5, 0.6) is 0 Å². The molecule has 0 fully saturated rings. The van der Waals surface area contributed by atoms with E-state index in [4.69, 9.17) is 4.52 Å². The van der Waals surface area contributed by atoms with Crippen molar-refractivity contribution in [1.82, 2.24) is 15.5 Å². The molecule has 0 radical (unpaired) electrons. The van der Waals surface area contributed by atoms with E-state index in [2.05, 4.69) is 15.5 Å². The average molecular weight is 355 g/mol. The first-order valence-corrected chi connectivity index (χ1v) is 9.09. The molecule has 3 aromatic heterocycles. The third-order valence-electron chi connectivity index (χ3n) is 3.60. The molecule has 0 aliphatic carbocycles. The third kappa shape index (κ3) is 2.83. The average Bonchev–Trinajstić information content (AvgIpc) is 3.32. The van der Waals surface area contributed by atoms with E-state index >= 15 is 0 Å². The van der Waals surface area contributed by atoms with Gasteiger partial charge in [0, 0.05) is 15.8 Å². The van der Waals surface area contributed by atoms with Gasteiger partial charge in [-0.25, -0.2) is 4.98 Å². The van der Waals surface area contributed by atoms with Crippen LogP contribution >= 0.6 is 22.7 Å². The molecule has 0 bridgehead atoms. The van der Waals surface area contributed by atoms with Crippen LogP contribution in [0.25, 0.3) is 22.4 Å². The Morgan fingerprint density at radius 2 is 2.21 bits per heavy atom. The molecule has 0 saturated carbocycles. The zero-order valence-corrected chi connectivity index (χ0v) is 14.4. The molecule has 0 aliphatic rings. The number of thiophene rings is 1. The summed E-state index contributed by atoms with van der Waals surface area (Å²) < 4.78 is 5.35. The maximum Gasteiger partial charge on any atom is 0.251 e. The largest absolute Gasteiger partial charge is 0.356 e. The predicted octanol–water partition coefficient (Wildman–Crippen LogP) is 4.25. The van der Waals surface area contributed by atoms with Crippen LogP contribution in [-0.4, -0.2) is 16.0 Å².